The van der Waals surface area contributed by atoms with Crippen molar-refractivity contribution in [3.63, 3.8) is 0 Å². The van der Waals surface area contributed by atoms with Crippen molar-refractivity contribution >= 4 is 6.47 Å². The number of hydrogen-bond donors (Lipinski definition) is 0. The Morgan fingerprint density at radius 1 is 0.882 bits per heavy atom. The molecule has 0 N–H and O–H groups in total. The zero-order valence-corrected chi connectivity index (χ0v) is 9.21. The van der Waals surface area contributed by atoms with E-state index in [4.69, 9.17) is 4.74 Å². The predicted octanol–water partition coefficient (Wildman–Crippen LogP) is 2.80. The van der Waals surface area contributed by atoms with E-state index in [0.29, 0.717) is 18.8 Å². The summed E-state index contributed by atoms with van der Waals surface area (Å²) in [6.45, 7) is 0.925. The van der Waals surface area contributed by atoms with Crippen LogP contribution in [0.4, 0.5) is 0 Å². The van der Waals surface area contributed by atoms with Gasteiger partial charge >= 0.3 is 0 Å². The van der Waals surface area contributed by atoms with Crippen LogP contribution in [0, 0.1) is 0 Å². The normalized spacial score (nSPS) is 9.65. The molecular formula is C14H12O3. The second-order valence-corrected chi connectivity index (χ2v) is 3.46. The van der Waals surface area contributed by atoms with Gasteiger partial charge in [-0.3, -0.25) is 4.79 Å². The van der Waals surface area contributed by atoms with Gasteiger partial charge in [0.25, 0.3) is 6.47 Å². The average molecular weight is 228 g/mol. The first-order valence-electron chi connectivity index (χ1n) is 5.25. The third-order valence-corrected chi connectivity index (χ3v) is 2.26. The van der Waals surface area contributed by atoms with Gasteiger partial charge < -0.3 is 9.47 Å². The molecule has 2 aromatic carbocycles. The summed E-state index contributed by atoms with van der Waals surface area (Å²) >= 11 is 0. The Hall–Kier alpha value is -2.29. The number of carbonyl (C=O) groups excluding carboxylic acids is 1. The quantitative estimate of drug-likeness (QED) is 0.738. The Balaban J connectivity index is 1.93. The minimum absolute atomic E-state index is 0.403. The summed E-state index contributed by atoms with van der Waals surface area (Å²) in [5, 5.41) is 0. The van der Waals surface area contributed by atoms with Crippen molar-refractivity contribution in [2.24, 2.45) is 0 Å². The largest absolute Gasteiger partial charge is 0.489 e. The highest BCUT2D eigenvalue weighted by Gasteiger charge is 1.96. The van der Waals surface area contributed by atoms with Crippen molar-refractivity contribution in [2.45, 2.75) is 6.61 Å². The molecule has 0 saturated carbocycles. The van der Waals surface area contributed by atoms with Crippen LogP contribution in [0.2, 0.25) is 0 Å². The van der Waals surface area contributed by atoms with Gasteiger partial charge in [0, 0.05) is 0 Å². The highest BCUT2D eigenvalue weighted by atomic mass is 16.5. The molecule has 0 atom stereocenters. The molecular weight excluding hydrogens is 216 g/mol. The van der Waals surface area contributed by atoms with E-state index in [1.54, 1.807) is 24.3 Å². The monoisotopic (exact) mass is 228 g/mol. The van der Waals surface area contributed by atoms with E-state index in [-0.39, 0.29) is 0 Å². The number of ether oxygens (including phenoxy) is 2. The first-order valence-corrected chi connectivity index (χ1v) is 5.25. The summed E-state index contributed by atoms with van der Waals surface area (Å²) in [4.78, 5) is 10.1. The maximum absolute atomic E-state index is 10.1. The Morgan fingerprint density at radius 3 is 2.18 bits per heavy atom. The maximum Gasteiger partial charge on any atom is 0.298 e. The fourth-order valence-corrected chi connectivity index (χ4v) is 1.41. The minimum Gasteiger partial charge on any atom is -0.489 e. The highest BCUT2D eigenvalue weighted by Crippen LogP contribution is 2.18. The summed E-state index contributed by atoms with van der Waals surface area (Å²) in [6, 6.07) is 16.8. The second-order valence-electron chi connectivity index (χ2n) is 3.46. The SMILES string of the molecule is O=COc1ccc(OCc2ccccc2)cc1. The van der Waals surface area contributed by atoms with Gasteiger partial charge in [0.05, 0.1) is 0 Å². The molecule has 0 fully saturated rings. The smallest absolute Gasteiger partial charge is 0.298 e. The van der Waals surface area contributed by atoms with Gasteiger partial charge in [0.15, 0.2) is 0 Å². The van der Waals surface area contributed by atoms with Gasteiger partial charge in [0.1, 0.15) is 18.1 Å². The van der Waals surface area contributed by atoms with Crippen molar-refractivity contribution < 1.29 is 14.3 Å². The molecule has 0 saturated heterocycles. The van der Waals surface area contributed by atoms with Gasteiger partial charge in [-0.1, -0.05) is 30.3 Å². The first-order chi connectivity index (χ1) is 8.38. The fourth-order valence-electron chi connectivity index (χ4n) is 1.41. The zero-order valence-electron chi connectivity index (χ0n) is 9.21. The molecule has 3 nitrogen and oxygen atoms in total. The summed E-state index contributed by atoms with van der Waals surface area (Å²) in [6.07, 6.45) is 0. The number of hydrogen-bond acceptors (Lipinski definition) is 3. The number of carbonyl (C=O) groups is 1. The second kappa shape index (κ2) is 5.70. The van der Waals surface area contributed by atoms with Gasteiger partial charge in [-0.15, -0.1) is 0 Å². The first kappa shape index (κ1) is 11.2. The van der Waals surface area contributed by atoms with Crippen LogP contribution in [-0.4, -0.2) is 6.47 Å². The van der Waals surface area contributed by atoms with Gasteiger partial charge in [0.2, 0.25) is 0 Å². The maximum atomic E-state index is 10.1. The topological polar surface area (TPSA) is 35.5 Å². The predicted molar refractivity (Wildman–Crippen MR) is 63.9 cm³/mol. The number of rotatable bonds is 5. The fraction of sp³-hybridized carbons (Fsp3) is 0.0714. The Labute approximate surface area is 99.6 Å². The summed E-state index contributed by atoms with van der Waals surface area (Å²) in [5.74, 6) is 1.25. The molecule has 0 radical (unpaired) electrons. The molecule has 17 heavy (non-hydrogen) atoms. The molecule has 0 aliphatic carbocycles. The third-order valence-electron chi connectivity index (χ3n) is 2.26. The molecule has 0 unspecified atom stereocenters. The van der Waals surface area contributed by atoms with Crippen LogP contribution < -0.4 is 9.47 Å². The van der Waals surface area contributed by atoms with Gasteiger partial charge in [-0.2, -0.15) is 0 Å². The molecule has 0 aliphatic rings. The van der Waals surface area contributed by atoms with E-state index in [1.807, 2.05) is 30.3 Å². The minimum atomic E-state index is 0.403. The summed E-state index contributed by atoms with van der Waals surface area (Å²) < 4.78 is 10.3. The van der Waals surface area contributed by atoms with Crippen LogP contribution in [0.15, 0.2) is 54.6 Å². The summed E-state index contributed by atoms with van der Waals surface area (Å²) in [7, 11) is 0. The lowest BCUT2D eigenvalue weighted by atomic mass is 10.2. The van der Waals surface area contributed by atoms with Crippen molar-refractivity contribution in [3.8, 4) is 11.5 Å². The van der Waals surface area contributed by atoms with Crippen LogP contribution in [0.25, 0.3) is 0 Å². The molecule has 86 valence electrons. The van der Waals surface area contributed by atoms with Crippen LogP contribution in [-0.2, 0) is 11.4 Å². The van der Waals surface area contributed by atoms with Crippen LogP contribution in [0.1, 0.15) is 5.56 Å². The van der Waals surface area contributed by atoms with Gasteiger partial charge in [-0.05, 0) is 29.8 Å². The van der Waals surface area contributed by atoms with Crippen molar-refractivity contribution in [1.29, 1.82) is 0 Å². The van der Waals surface area contributed by atoms with Crippen molar-refractivity contribution in [2.75, 3.05) is 0 Å². The third kappa shape index (κ3) is 3.34. The molecule has 0 aliphatic heterocycles. The Bertz CT molecular complexity index is 463. The lowest BCUT2D eigenvalue weighted by Gasteiger charge is -2.06. The van der Waals surface area contributed by atoms with E-state index < -0.39 is 0 Å². The molecule has 0 heterocycles. The lowest BCUT2D eigenvalue weighted by Crippen LogP contribution is -1.95. The molecule has 0 amide bonds. The zero-order chi connectivity index (χ0) is 11.9. The van der Waals surface area contributed by atoms with Crippen LogP contribution in [0.5, 0.6) is 11.5 Å². The molecule has 3 heteroatoms. The average Bonchev–Trinajstić information content (AvgIpc) is 2.40. The van der Waals surface area contributed by atoms with Crippen molar-refractivity contribution in [3.05, 3.63) is 60.2 Å². The van der Waals surface area contributed by atoms with E-state index in [9.17, 15) is 4.79 Å². The van der Waals surface area contributed by atoms with E-state index >= 15 is 0 Å². The molecule has 0 aromatic heterocycles. The Kier molecular flexibility index (Phi) is 3.76. The van der Waals surface area contributed by atoms with Crippen molar-refractivity contribution in [1.82, 2.24) is 0 Å². The van der Waals surface area contributed by atoms with Gasteiger partial charge in [-0.25, -0.2) is 0 Å². The lowest BCUT2D eigenvalue weighted by molar-refractivity contribution is -0.120. The van der Waals surface area contributed by atoms with Crippen LogP contribution >= 0.6 is 0 Å². The van der Waals surface area contributed by atoms with Crippen LogP contribution in [0.3, 0.4) is 0 Å². The molecule has 2 rings (SSSR count). The highest BCUT2D eigenvalue weighted by molar-refractivity contribution is 5.45. The Morgan fingerprint density at radius 2 is 1.53 bits per heavy atom. The number of benzene rings is 2. The van der Waals surface area contributed by atoms with E-state index in [2.05, 4.69) is 4.74 Å². The molecule has 0 bridgehead atoms. The standard InChI is InChI=1S/C14H12O3/c15-11-17-14-8-6-13(7-9-14)16-10-12-4-2-1-3-5-12/h1-9,11H,10H2. The molecule has 2 aromatic rings. The van der Waals surface area contributed by atoms with E-state index in [1.165, 1.54) is 0 Å². The summed E-state index contributed by atoms with van der Waals surface area (Å²) in [5.41, 5.74) is 1.11. The molecule has 0 spiro atoms. The van der Waals surface area contributed by atoms with E-state index in [0.717, 1.165) is 11.3 Å².